The molecule has 0 bridgehead atoms. The van der Waals surface area contributed by atoms with E-state index in [1.165, 1.54) is 17.1 Å². The maximum atomic E-state index is 13.5. The second-order valence-electron chi connectivity index (χ2n) is 8.40. The van der Waals surface area contributed by atoms with E-state index in [1.54, 1.807) is 36.4 Å². The Labute approximate surface area is 195 Å². The molecular weight excluding hydrogens is 434 g/mol. The molecule has 1 fully saturated rings. The summed E-state index contributed by atoms with van der Waals surface area (Å²) in [6.45, 7) is 5.58. The van der Waals surface area contributed by atoms with Crippen LogP contribution in [-0.4, -0.2) is 34.0 Å². The number of amides is 1. The Hall–Kier alpha value is -3.32. The van der Waals surface area contributed by atoms with E-state index in [4.69, 9.17) is 0 Å². The fourth-order valence-corrected chi connectivity index (χ4v) is 5.67. The van der Waals surface area contributed by atoms with Gasteiger partial charge in [0.15, 0.2) is 0 Å². The summed E-state index contributed by atoms with van der Waals surface area (Å²) in [5, 5.41) is 2.85. The standard InChI is InChI=1S/C26H29N3O3S/c1-20-10-15-25(21(2)18-20)29(33(31,32)24-8-4-3-5-9-24)19-26(30)27-22-11-13-23(14-12-22)28-16-6-7-17-28/h3-5,8-15,18H,6-7,16-17,19H2,1-2H3,(H,27,30). The summed E-state index contributed by atoms with van der Waals surface area (Å²) in [5.74, 6) is -0.400. The molecule has 1 amide bonds. The van der Waals surface area contributed by atoms with Gasteiger partial charge in [-0.05, 0) is 74.7 Å². The molecule has 0 aliphatic carbocycles. The van der Waals surface area contributed by atoms with Crippen LogP contribution in [-0.2, 0) is 14.8 Å². The summed E-state index contributed by atoms with van der Waals surface area (Å²) in [6.07, 6.45) is 2.39. The average molecular weight is 464 g/mol. The first kappa shape index (κ1) is 22.9. The molecule has 0 spiro atoms. The number of benzene rings is 3. The van der Waals surface area contributed by atoms with Crippen molar-refractivity contribution in [2.45, 2.75) is 31.6 Å². The van der Waals surface area contributed by atoms with Crippen molar-refractivity contribution in [2.75, 3.05) is 34.2 Å². The fourth-order valence-electron chi connectivity index (χ4n) is 4.17. The Morgan fingerprint density at radius 3 is 2.24 bits per heavy atom. The quantitative estimate of drug-likeness (QED) is 0.550. The predicted octanol–water partition coefficient (Wildman–Crippen LogP) is 4.74. The number of nitrogens with zero attached hydrogens (tertiary/aromatic N) is 2. The van der Waals surface area contributed by atoms with Crippen LogP contribution in [0.25, 0.3) is 0 Å². The van der Waals surface area contributed by atoms with Gasteiger partial charge in [0.25, 0.3) is 10.0 Å². The minimum atomic E-state index is -3.93. The zero-order valence-electron chi connectivity index (χ0n) is 19.0. The third-order valence-corrected chi connectivity index (χ3v) is 7.64. The molecule has 3 aromatic carbocycles. The Morgan fingerprint density at radius 2 is 1.61 bits per heavy atom. The molecule has 1 heterocycles. The highest BCUT2D eigenvalue weighted by atomic mass is 32.2. The van der Waals surface area contributed by atoms with Crippen LogP contribution in [0.1, 0.15) is 24.0 Å². The lowest BCUT2D eigenvalue weighted by Crippen LogP contribution is -2.38. The number of sulfonamides is 1. The molecule has 1 aliphatic rings. The zero-order chi connectivity index (χ0) is 23.4. The maximum absolute atomic E-state index is 13.5. The fraction of sp³-hybridized carbons (Fsp3) is 0.269. The number of nitrogens with one attached hydrogen (secondary N) is 1. The molecule has 1 saturated heterocycles. The summed E-state index contributed by atoms with van der Waals surface area (Å²) in [7, 11) is -3.93. The number of rotatable bonds is 7. The molecule has 3 aromatic rings. The van der Waals surface area contributed by atoms with E-state index >= 15 is 0 Å². The first-order chi connectivity index (χ1) is 15.8. The normalized spacial score (nSPS) is 13.7. The lowest BCUT2D eigenvalue weighted by molar-refractivity contribution is -0.114. The van der Waals surface area contributed by atoms with Crippen molar-refractivity contribution in [1.29, 1.82) is 0 Å². The monoisotopic (exact) mass is 463 g/mol. The van der Waals surface area contributed by atoms with Gasteiger partial charge in [0.2, 0.25) is 5.91 Å². The molecule has 0 radical (unpaired) electrons. The summed E-state index contributed by atoms with van der Waals surface area (Å²) in [6, 6.07) is 21.4. The van der Waals surface area contributed by atoms with Crippen molar-refractivity contribution in [3.63, 3.8) is 0 Å². The number of hydrogen-bond acceptors (Lipinski definition) is 4. The van der Waals surface area contributed by atoms with E-state index in [0.717, 1.165) is 29.9 Å². The van der Waals surface area contributed by atoms with E-state index in [2.05, 4.69) is 10.2 Å². The number of hydrogen-bond donors (Lipinski definition) is 1. The van der Waals surface area contributed by atoms with Gasteiger partial charge in [-0.2, -0.15) is 0 Å². The van der Waals surface area contributed by atoms with Gasteiger partial charge in [0, 0.05) is 24.5 Å². The van der Waals surface area contributed by atoms with Gasteiger partial charge >= 0.3 is 0 Å². The molecule has 0 atom stereocenters. The third-order valence-electron chi connectivity index (χ3n) is 5.86. The summed E-state index contributed by atoms with van der Waals surface area (Å²) in [4.78, 5) is 15.4. The van der Waals surface area contributed by atoms with Crippen LogP contribution in [0.15, 0.2) is 77.7 Å². The molecule has 0 saturated carbocycles. The van der Waals surface area contributed by atoms with E-state index in [-0.39, 0.29) is 11.4 Å². The van der Waals surface area contributed by atoms with Crippen molar-refractivity contribution in [3.8, 4) is 0 Å². The highest BCUT2D eigenvalue weighted by Gasteiger charge is 2.28. The first-order valence-corrected chi connectivity index (χ1v) is 12.6. The molecule has 0 aromatic heterocycles. The molecule has 1 aliphatic heterocycles. The molecule has 0 unspecified atom stereocenters. The van der Waals surface area contributed by atoms with Crippen molar-refractivity contribution in [3.05, 3.63) is 83.9 Å². The lowest BCUT2D eigenvalue weighted by Gasteiger charge is -2.26. The van der Waals surface area contributed by atoms with Gasteiger partial charge in [0.05, 0.1) is 10.6 Å². The van der Waals surface area contributed by atoms with Gasteiger partial charge in [-0.25, -0.2) is 8.42 Å². The summed E-state index contributed by atoms with van der Waals surface area (Å²) >= 11 is 0. The number of carbonyl (C=O) groups excluding carboxylic acids is 1. The maximum Gasteiger partial charge on any atom is 0.264 e. The van der Waals surface area contributed by atoms with Crippen LogP contribution in [0.3, 0.4) is 0 Å². The van der Waals surface area contributed by atoms with Crippen molar-refractivity contribution < 1.29 is 13.2 Å². The first-order valence-electron chi connectivity index (χ1n) is 11.1. The van der Waals surface area contributed by atoms with Crippen LogP contribution >= 0.6 is 0 Å². The van der Waals surface area contributed by atoms with Crippen molar-refractivity contribution in [2.24, 2.45) is 0 Å². The van der Waals surface area contributed by atoms with Crippen LogP contribution in [0.4, 0.5) is 17.1 Å². The lowest BCUT2D eigenvalue weighted by atomic mass is 10.1. The Kier molecular flexibility index (Phi) is 6.70. The largest absolute Gasteiger partial charge is 0.372 e. The van der Waals surface area contributed by atoms with Gasteiger partial charge in [-0.15, -0.1) is 0 Å². The molecule has 33 heavy (non-hydrogen) atoms. The zero-order valence-corrected chi connectivity index (χ0v) is 19.8. The number of aryl methyl sites for hydroxylation is 2. The molecule has 4 rings (SSSR count). The van der Waals surface area contributed by atoms with Crippen LogP contribution in [0, 0.1) is 13.8 Å². The van der Waals surface area contributed by atoms with Crippen LogP contribution < -0.4 is 14.5 Å². The van der Waals surface area contributed by atoms with E-state index in [9.17, 15) is 13.2 Å². The minimum absolute atomic E-state index is 0.146. The van der Waals surface area contributed by atoms with Crippen LogP contribution in [0.5, 0.6) is 0 Å². The Bertz CT molecular complexity index is 1220. The SMILES string of the molecule is Cc1ccc(N(CC(=O)Nc2ccc(N3CCCC3)cc2)S(=O)(=O)c2ccccc2)c(C)c1. The van der Waals surface area contributed by atoms with Crippen molar-refractivity contribution in [1.82, 2.24) is 0 Å². The Morgan fingerprint density at radius 1 is 0.939 bits per heavy atom. The smallest absolute Gasteiger partial charge is 0.264 e. The topological polar surface area (TPSA) is 69.7 Å². The van der Waals surface area contributed by atoms with E-state index in [0.29, 0.717) is 11.4 Å². The predicted molar refractivity (Wildman–Crippen MR) is 133 cm³/mol. The number of anilines is 3. The van der Waals surface area contributed by atoms with Gasteiger partial charge in [-0.3, -0.25) is 9.10 Å². The van der Waals surface area contributed by atoms with E-state index in [1.807, 2.05) is 50.2 Å². The molecular formula is C26H29N3O3S. The van der Waals surface area contributed by atoms with Gasteiger partial charge in [0.1, 0.15) is 6.54 Å². The molecule has 6 nitrogen and oxygen atoms in total. The third kappa shape index (κ3) is 5.20. The average Bonchev–Trinajstić information content (AvgIpc) is 3.34. The van der Waals surface area contributed by atoms with Crippen LogP contribution in [0.2, 0.25) is 0 Å². The Balaban J connectivity index is 1.58. The second kappa shape index (κ2) is 9.67. The highest BCUT2D eigenvalue weighted by Crippen LogP contribution is 2.28. The molecule has 1 N–H and O–H groups in total. The van der Waals surface area contributed by atoms with Gasteiger partial charge in [-0.1, -0.05) is 35.9 Å². The number of carbonyl (C=O) groups is 1. The minimum Gasteiger partial charge on any atom is -0.372 e. The summed E-state index contributed by atoms with van der Waals surface area (Å²) < 4.78 is 28.2. The highest BCUT2D eigenvalue weighted by molar-refractivity contribution is 7.92. The van der Waals surface area contributed by atoms with Crippen molar-refractivity contribution >= 4 is 33.0 Å². The summed E-state index contributed by atoms with van der Waals surface area (Å²) in [5.41, 5.74) is 4.08. The second-order valence-corrected chi connectivity index (χ2v) is 10.3. The molecule has 7 heteroatoms. The van der Waals surface area contributed by atoms with Gasteiger partial charge < -0.3 is 10.2 Å². The van der Waals surface area contributed by atoms with E-state index < -0.39 is 15.9 Å². The molecule has 172 valence electrons.